The van der Waals surface area contributed by atoms with E-state index in [-0.39, 0.29) is 18.4 Å². The molecule has 116 valence electrons. The molecular weight excluding hydrogens is 276 g/mol. The molecule has 0 saturated carbocycles. The number of aliphatic hydroxyl groups is 1. The van der Waals surface area contributed by atoms with Crippen LogP contribution in [0.2, 0.25) is 0 Å². The van der Waals surface area contributed by atoms with E-state index < -0.39 is 17.7 Å². The summed E-state index contributed by atoms with van der Waals surface area (Å²) in [6.45, 7) is 2.38. The number of nitrogens with zero attached hydrogens (tertiary/aromatic N) is 1. The van der Waals surface area contributed by atoms with Gasteiger partial charge in [0.15, 0.2) is 11.6 Å². The number of hydrogen-bond donors (Lipinski definition) is 1. The van der Waals surface area contributed by atoms with E-state index in [1.165, 1.54) is 6.07 Å². The fourth-order valence-corrected chi connectivity index (χ4v) is 2.89. The Hall–Kier alpha value is -1.49. The lowest BCUT2D eigenvalue weighted by atomic mass is 9.96. The standard InChI is InChI=1S/C16H21F2NO2/c1-11(20)8-13-4-2-3-7-19(13)16(21)10-12-5-6-14(17)15(18)9-12/h5-6,9,11,13,20H,2-4,7-8,10H2,1H3. The van der Waals surface area contributed by atoms with E-state index in [2.05, 4.69) is 0 Å². The topological polar surface area (TPSA) is 40.5 Å². The minimum Gasteiger partial charge on any atom is -0.393 e. The molecule has 1 fully saturated rings. The summed E-state index contributed by atoms with van der Waals surface area (Å²) in [5.41, 5.74) is 0.472. The van der Waals surface area contributed by atoms with Gasteiger partial charge in [0.1, 0.15) is 0 Å². The second kappa shape index (κ2) is 6.98. The number of benzene rings is 1. The zero-order valence-corrected chi connectivity index (χ0v) is 12.2. The number of likely N-dealkylation sites (tertiary alicyclic amines) is 1. The maximum absolute atomic E-state index is 13.2. The predicted molar refractivity (Wildman–Crippen MR) is 75.7 cm³/mol. The third kappa shape index (κ3) is 4.24. The van der Waals surface area contributed by atoms with Crippen LogP contribution in [0.1, 0.15) is 38.2 Å². The molecule has 1 amide bonds. The van der Waals surface area contributed by atoms with Crippen molar-refractivity contribution in [2.24, 2.45) is 0 Å². The van der Waals surface area contributed by atoms with Crippen molar-refractivity contribution >= 4 is 5.91 Å². The summed E-state index contributed by atoms with van der Waals surface area (Å²) in [6.07, 6.45) is 3.05. The highest BCUT2D eigenvalue weighted by molar-refractivity contribution is 5.79. The van der Waals surface area contributed by atoms with E-state index in [9.17, 15) is 18.7 Å². The normalized spacial score (nSPS) is 20.4. The van der Waals surface area contributed by atoms with E-state index in [1.807, 2.05) is 0 Å². The molecule has 0 aliphatic carbocycles. The Labute approximate surface area is 123 Å². The highest BCUT2D eigenvalue weighted by atomic mass is 19.2. The third-order valence-electron chi connectivity index (χ3n) is 3.90. The number of hydrogen-bond acceptors (Lipinski definition) is 2. The van der Waals surface area contributed by atoms with Crippen LogP contribution in [-0.4, -0.2) is 34.6 Å². The molecule has 1 aliphatic rings. The molecule has 0 radical (unpaired) electrons. The predicted octanol–water partition coefficient (Wildman–Crippen LogP) is 2.66. The molecule has 1 heterocycles. The van der Waals surface area contributed by atoms with Gasteiger partial charge in [0.2, 0.25) is 5.91 Å². The first kappa shape index (κ1) is 15.9. The van der Waals surface area contributed by atoms with Crippen LogP contribution in [0.4, 0.5) is 8.78 Å². The number of halogens is 2. The van der Waals surface area contributed by atoms with Gasteiger partial charge in [0, 0.05) is 12.6 Å². The van der Waals surface area contributed by atoms with E-state index in [4.69, 9.17) is 0 Å². The van der Waals surface area contributed by atoms with Crippen molar-refractivity contribution in [3.63, 3.8) is 0 Å². The molecule has 1 saturated heterocycles. The van der Waals surface area contributed by atoms with Crippen LogP contribution in [0.25, 0.3) is 0 Å². The second-order valence-corrected chi connectivity index (χ2v) is 5.75. The first-order valence-electron chi connectivity index (χ1n) is 7.39. The number of piperidine rings is 1. The maximum Gasteiger partial charge on any atom is 0.227 e. The van der Waals surface area contributed by atoms with Gasteiger partial charge < -0.3 is 10.0 Å². The average Bonchev–Trinajstić information content (AvgIpc) is 2.43. The molecule has 2 rings (SSSR count). The fraction of sp³-hybridized carbons (Fsp3) is 0.562. The Bertz CT molecular complexity index is 505. The summed E-state index contributed by atoms with van der Waals surface area (Å²) in [6, 6.07) is 3.59. The van der Waals surface area contributed by atoms with Gasteiger partial charge >= 0.3 is 0 Å². The molecule has 1 aromatic rings. The van der Waals surface area contributed by atoms with Crippen molar-refractivity contribution in [1.29, 1.82) is 0 Å². The number of carbonyl (C=O) groups is 1. The molecule has 21 heavy (non-hydrogen) atoms. The van der Waals surface area contributed by atoms with Crippen molar-refractivity contribution < 1.29 is 18.7 Å². The zero-order chi connectivity index (χ0) is 15.4. The molecule has 2 unspecified atom stereocenters. The van der Waals surface area contributed by atoms with Crippen molar-refractivity contribution in [3.05, 3.63) is 35.4 Å². The molecule has 0 spiro atoms. The van der Waals surface area contributed by atoms with E-state index >= 15 is 0 Å². The van der Waals surface area contributed by atoms with Crippen LogP contribution in [0.5, 0.6) is 0 Å². The van der Waals surface area contributed by atoms with E-state index in [1.54, 1.807) is 11.8 Å². The number of aliphatic hydroxyl groups excluding tert-OH is 1. The summed E-state index contributed by atoms with van der Waals surface area (Å²) in [4.78, 5) is 14.2. The van der Waals surface area contributed by atoms with E-state index in [0.717, 1.165) is 31.4 Å². The summed E-state index contributed by atoms with van der Waals surface area (Å²) >= 11 is 0. The third-order valence-corrected chi connectivity index (χ3v) is 3.90. The van der Waals surface area contributed by atoms with Crippen LogP contribution in [-0.2, 0) is 11.2 Å². The largest absolute Gasteiger partial charge is 0.393 e. The Morgan fingerprint density at radius 1 is 1.38 bits per heavy atom. The molecule has 5 heteroatoms. The van der Waals surface area contributed by atoms with Crippen molar-refractivity contribution in [2.45, 2.75) is 51.2 Å². The van der Waals surface area contributed by atoms with Crippen LogP contribution >= 0.6 is 0 Å². The van der Waals surface area contributed by atoms with Crippen molar-refractivity contribution in [3.8, 4) is 0 Å². The Morgan fingerprint density at radius 3 is 2.81 bits per heavy atom. The zero-order valence-electron chi connectivity index (χ0n) is 12.2. The Balaban J connectivity index is 2.04. The van der Waals surface area contributed by atoms with Crippen molar-refractivity contribution in [2.75, 3.05) is 6.54 Å². The molecule has 0 aromatic heterocycles. The second-order valence-electron chi connectivity index (χ2n) is 5.75. The highest BCUT2D eigenvalue weighted by Crippen LogP contribution is 2.22. The molecule has 3 nitrogen and oxygen atoms in total. The first-order valence-corrected chi connectivity index (χ1v) is 7.39. The number of carbonyl (C=O) groups excluding carboxylic acids is 1. The molecule has 0 bridgehead atoms. The monoisotopic (exact) mass is 297 g/mol. The van der Waals surface area contributed by atoms with Gasteiger partial charge in [-0.05, 0) is 50.3 Å². The lowest BCUT2D eigenvalue weighted by molar-refractivity contribution is -0.134. The number of amides is 1. The average molecular weight is 297 g/mol. The highest BCUT2D eigenvalue weighted by Gasteiger charge is 2.27. The van der Waals surface area contributed by atoms with E-state index in [0.29, 0.717) is 18.5 Å². The smallest absolute Gasteiger partial charge is 0.227 e. The maximum atomic E-state index is 13.2. The molecule has 1 N–H and O–H groups in total. The van der Waals surface area contributed by atoms with Crippen LogP contribution in [0.15, 0.2) is 18.2 Å². The van der Waals surface area contributed by atoms with Gasteiger partial charge in [-0.1, -0.05) is 6.07 Å². The lowest BCUT2D eigenvalue weighted by Gasteiger charge is -2.36. The molecular formula is C16H21F2NO2. The minimum atomic E-state index is -0.931. The van der Waals surface area contributed by atoms with Gasteiger partial charge in [-0.15, -0.1) is 0 Å². The van der Waals surface area contributed by atoms with Gasteiger partial charge in [0.25, 0.3) is 0 Å². The lowest BCUT2D eigenvalue weighted by Crippen LogP contribution is -2.45. The van der Waals surface area contributed by atoms with Gasteiger partial charge in [0.05, 0.1) is 12.5 Å². The molecule has 2 atom stereocenters. The molecule has 1 aliphatic heterocycles. The van der Waals surface area contributed by atoms with Crippen LogP contribution < -0.4 is 0 Å². The summed E-state index contributed by atoms with van der Waals surface area (Å²) < 4.78 is 26.1. The Morgan fingerprint density at radius 2 is 2.14 bits per heavy atom. The quantitative estimate of drug-likeness (QED) is 0.928. The van der Waals surface area contributed by atoms with Crippen LogP contribution in [0.3, 0.4) is 0 Å². The summed E-state index contributed by atoms with van der Waals surface area (Å²) in [5.74, 6) is -1.93. The van der Waals surface area contributed by atoms with Gasteiger partial charge in [-0.25, -0.2) is 8.78 Å². The minimum absolute atomic E-state index is 0.0385. The fourth-order valence-electron chi connectivity index (χ4n) is 2.89. The van der Waals surface area contributed by atoms with Gasteiger partial charge in [-0.3, -0.25) is 4.79 Å². The first-order chi connectivity index (χ1) is 9.97. The molecule has 1 aromatic carbocycles. The summed E-state index contributed by atoms with van der Waals surface area (Å²) in [7, 11) is 0. The summed E-state index contributed by atoms with van der Waals surface area (Å²) in [5, 5.41) is 9.53. The Kier molecular flexibility index (Phi) is 5.28. The SMILES string of the molecule is CC(O)CC1CCCCN1C(=O)Cc1ccc(F)c(F)c1. The van der Waals surface area contributed by atoms with Crippen LogP contribution in [0, 0.1) is 11.6 Å². The van der Waals surface area contributed by atoms with Crippen molar-refractivity contribution in [1.82, 2.24) is 4.90 Å². The van der Waals surface area contributed by atoms with Gasteiger partial charge in [-0.2, -0.15) is 0 Å². The number of rotatable bonds is 4.